The summed E-state index contributed by atoms with van der Waals surface area (Å²) < 4.78 is 5.14. The molecule has 0 saturated heterocycles. The first-order valence-corrected chi connectivity index (χ1v) is 9.26. The van der Waals surface area contributed by atoms with E-state index in [4.69, 9.17) is 4.74 Å². The molecule has 3 amide bonds. The third kappa shape index (κ3) is 4.51. The Morgan fingerprint density at radius 3 is 2.59 bits per heavy atom. The molecule has 1 aliphatic heterocycles. The number of amides is 3. The molecule has 2 aromatic rings. The molecule has 1 aliphatic rings. The standard InChI is InChI=1S/C22H22N2O5/c1-13-8-9-18(14(2)10-13)23-21(27)15(3)29-20(26)12-24-19(25)11-16-6-4-5-7-17(16)22(24)28/h4-10,15H,11-12H2,1-3H3,(H,23,27)/t15-/m1/s1. The minimum atomic E-state index is -1.08. The molecule has 0 saturated carbocycles. The lowest BCUT2D eigenvalue weighted by atomic mass is 9.98. The van der Waals surface area contributed by atoms with E-state index in [0.717, 1.165) is 16.0 Å². The van der Waals surface area contributed by atoms with Gasteiger partial charge in [0.15, 0.2) is 6.10 Å². The summed E-state index contributed by atoms with van der Waals surface area (Å²) in [6.07, 6.45) is -1.04. The Balaban J connectivity index is 1.60. The number of esters is 1. The molecule has 29 heavy (non-hydrogen) atoms. The topological polar surface area (TPSA) is 92.8 Å². The number of imide groups is 1. The summed E-state index contributed by atoms with van der Waals surface area (Å²) in [6.45, 7) is 4.72. The summed E-state index contributed by atoms with van der Waals surface area (Å²) in [7, 11) is 0. The van der Waals surface area contributed by atoms with Crippen LogP contribution in [0.2, 0.25) is 0 Å². The smallest absolute Gasteiger partial charge is 0.326 e. The molecule has 0 radical (unpaired) electrons. The number of carbonyl (C=O) groups is 4. The predicted molar refractivity (Wildman–Crippen MR) is 106 cm³/mol. The van der Waals surface area contributed by atoms with Crippen LogP contribution < -0.4 is 5.32 Å². The van der Waals surface area contributed by atoms with Crippen molar-refractivity contribution >= 4 is 29.4 Å². The summed E-state index contributed by atoms with van der Waals surface area (Å²) in [4.78, 5) is 50.2. The number of fused-ring (bicyclic) bond motifs is 1. The van der Waals surface area contributed by atoms with Gasteiger partial charge < -0.3 is 10.1 Å². The molecule has 0 fully saturated rings. The van der Waals surface area contributed by atoms with Crippen molar-refractivity contribution in [3.05, 3.63) is 64.7 Å². The third-order valence-electron chi connectivity index (χ3n) is 4.74. The van der Waals surface area contributed by atoms with E-state index in [1.807, 2.05) is 26.0 Å². The minimum Gasteiger partial charge on any atom is -0.451 e. The van der Waals surface area contributed by atoms with Gasteiger partial charge in [0, 0.05) is 11.3 Å². The van der Waals surface area contributed by atoms with E-state index in [-0.39, 0.29) is 6.42 Å². The molecule has 2 aromatic carbocycles. The molecule has 0 aliphatic carbocycles. The van der Waals surface area contributed by atoms with E-state index in [2.05, 4.69) is 5.32 Å². The molecule has 150 valence electrons. The molecule has 0 spiro atoms. The summed E-state index contributed by atoms with van der Waals surface area (Å²) in [5.41, 5.74) is 3.60. The number of anilines is 1. The number of nitrogens with zero attached hydrogens (tertiary/aromatic N) is 1. The maximum absolute atomic E-state index is 12.5. The molecule has 0 bridgehead atoms. The number of ether oxygens (including phenoxy) is 1. The summed E-state index contributed by atoms with van der Waals surface area (Å²) in [5, 5.41) is 2.71. The van der Waals surface area contributed by atoms with Crippen molar-refractivity contribution in [3.8, 4) is 0 Å². The van der Waals surface area contributed by atoms with Crippen LogP contribution in [-0.2, 0) is 25.5 Å². The highest BCUT2D eigenvalue weighted by molar-refractivity contribution is 6.11. The van der Waals surface area contributed by atoms with Crippen LogP contribution >= 0.6 is 0 Å². The lowest BCUT2D eigenvalue weighted by molar-refractivity contribution is -0.155. The lowest BCUT2D eigenvalue weighted by Gasteiger charge is -2.26. The molecule has 3 rings (SSSR count). The number of nitrogens with one attached hydrogen (secondary N) is 1. The van der Waals surface area contributed by atoms with E-state index in [9.17, 15) is 19.2 Å². The van der Waals surface area contributed by atoms with Gasteiger partial charge in [-0.15, -0.1) is 0 Å². The van der Waals surface area contributed by atoms with Crippen LogP contribution in [0.15, 0.2) is 42.5 Å². The Kier molecular flexibility index (Phi) is 5.77. The zero-order valence-corrected chi connectivity index (χ0v) is 16.5. The predicted octanol–water partition coefficient (Wildman–Crippen LogP) is 2.40. The summed E-state index contributed by atoms with van der Waals surface area (Å²) in [5.74, 6) is -2.33. The normalized spacial score (nSPS) is 14.2. The number of rotatable bonds is 5. The fourth-order valence-corrected chi connectivity index (χ4v) is 3.17. The first kappa shape index (κ1) is 20.3. The van der Waals surface area contributed by atoms with E-state index in [1.54, 1.807) is 30.3 Å². The Bertz CT molecular complexity index is 998. The minimum absolute atomic E-state index is 0.0396. The maximum atomic E-state index is 12.5. The van der Waals surface area contributed by atoms with Crippen molar-refractivity contribution in [3.63, 3.8) is 0 Å². The second kappa shape index (κ2) is 8.26. The van der Waals surface area contributed by atoms with Crippen LogP contribution in [0, 0.1) is 13.8 Å². The van der Waals surface area contributed by atoms with Crippen molar-refractivity contribution in [1.82, 2.24) is 4.90 Å². The Hall–Kier alpha value is -3.48. The van der Waals surface area contributed by atoms with Crippen LogP contribution in [0.25, 0.3) is 0 Å². The van der Waals surface area contributed by atoms with Gasteiger partial charge in [-0.05, 0) is 44.0 Å². The van der Waals surface area contributed by atoms with Crippen molar-refractivity contribution in [1.29, 1.82) is 0 Å². The average molecular weight is 394 g/mol. The Morgan fingerprint density at radius 1 is 1.14 bits per heavy atom. The second-order valence-corrected chi connectivity index (χ2v) is 7.06. The van der Waals surface area contributed by atoms with E-state index >= 15 is 0 Å². The fraction of sp³-hybridized carbons (Fsp3) is 0.273. The number of aryl methyl sites for hydroxylation is 2. The van der Waals surface area contributed by atoms with Crippen LogP contribution in [0.4, 0.5) is 5.69 Å². The molecule has 7 nitrogen and oxygen atoms in total. The highest BCUT2D eigenvalue weighted by atomic mass is 16.5. The quantitative estimate of drug-likeness (QED) is 0.621. The second-order valence-electron chi connectivity index (χ2n) is 7.06. The van der Waals surface area contributed by atoms with Crippen LogP contribution in [-0.4, -0.2) is 41.2 Å². The summed E-state index contributed by atoms with van der Waals surface area (Å²) >= 11 is 0. The van der Waals surface area contributed by atoms with Gasteiger partial charge in [-0.3, -0.25) is 24.1 Å². The zero-order chi connectivity index (χ0) is 21.1. The zero-order valence-electron chi connectivity index (χ0n) is 16.5. The first-order valence-electron chi connectivity index (χ1n) is 9.26. The molecule has 0 unspecified atom stereocenters. The van der Waals surface area contributed by atoms with Crippen molar-refractivity contribution < 1.29 is 23.9 Å². The molecule has 7 heteroatoms. The van der Waals surface area contributed by atoms with Gasteiger partial charge in [0.2, 0.25) is 5.91 Å². The van der Waals surface area contributed by atoms with Gasteiger partial charge in [-0.2, -0.15) is 0 Å². The van der Waals surface area contributed by atoms with Crippen LogP contribution in [0.1, 0.15) is 34.0 Å². The van der Waals surface area contributed by atoms with Crippen LogP contribution in [0.3, 0.4) is 0 Å². The largest absolute Gasteiger partial charge is 0.451 e. The van der Waals surface area contributed by atoms with E-state index in [1.165, 1.54) is 6.92 Å². The SMILES string of the molecule is Cc1ccc(NC(=O)[C@@H](C)OC(=O)CN2C(=O)Cc3ccccc3C2=O)c(C)c1. The van der Waals surface area contributed by atoms with Crippen molar-refractivity contribution in [2.75, 3.05) is 11.9 Å². The lowest BCUT2D eigenvalue weighted by Crippen LogP contribution is -2.46. The molecule has 0 aromatic heterocycles. The molecular weight excluding hydrogens is 372 g/mol. The highest BCUT2D eigenvalue weighted by Crippen LogP contribution is 2.20. The first-order chi connectivity index (χ1) is 13.8. The van der Waals surface area contributed by atoms with Gasteiger partial charge in [0.1, 0.15) is 6.54 Å². The van der Waals surface area contributed by atoms with Crippen LogP contribution in [0.5, 0.6) is 0 Å². The van der Waals surface area contributed by atoms with Gasteiger partial charge >= 0.3 is 5.97 Å². The fourth-order valence-electron chi connectivity index (χ4n) is 3.17. The van der Waals surface area contributed by atoms with Gasteiger partial charge in [-0.1, -0.05) is 35.9 Å². The van der Waals surface area contributed by atoms with Gasteiger partial charge in [-0.25, -0.2) is 0 Å². The molecule has 1 N–H and O–H groups in total. The third-order valence-corrected chi connectivity index (χ3v) is 4.74. The van der Waals surface area contributed by atoms with E-state index < -0.39 is 36.3 Å². The van der Waals surface area contributed by atoms with Crippen molar-refractivity contribution in [2.45, 2.75) is 33.3 Å². The average Bonchev–Trinajstić information content (AvgIpc) is 2.67. The van der Waals surface area contributed by atoms with Gasteiger partial charge in [0.05, 0.1) is 6.42 Å². The molecular formula is C22H22N2O5. The highest BCUT2D eigenvalue weighted by Gasteiger charge is 2.33. The monoisotopic (exact) mass is 394 g/mol. The number of hydrogen-bond donors (Lipinski definition) is 1. The molecule has 1 atom stereocenters. The number of hydrogen-bond acceptors (Lipinski definition) is 5. The van der Waals surface area contributed by atoms with Crippen molar-refractivity contribution in [2.24, 2.45) is 0 Å². The van der Waals surface area contributed by atoms with Gasteiger partial charge in [0.25, 0.3) is 11.8 Å². The number of carbonyl (C=O) groups excluding carboxylic acids is 4. The Labute approximate surface area is 168 Å². The van der Waals surface area contributed by atoms with E-state index in [0.29, 0.717) is 16.8 Å². The molecule has 1 heterocycles. The maximum Gasteiger partial charge on any atom is 0.326 e. The number of benzene rings is 2. The summed E-state index contributed by atoms with van der Waals surface area (Å²) in [6, 6.07) is 12.3. The Morgan fingerprint density at radius 2 is 1.86 bits per heavy atom.